The molecule has 2 heterocycles. The highest BCUT2D eigenvalue weighted by Crippen LogP contribution is 2.42. The molecule has 2 amide bonds. The Morgan fingerprint density at radius 1 is 1.16 bits per heavy atom. The third-order valence-electron chi connectivity index (χ3n) is 8.05. The van der Waals surface area contributed by atoms with Gasteiger partial charge >= 0.3 is 6.09 Å². The summed E-state index contributed by atoms with van der Waals surface area (Å²) >= 11 is 1.59. The minimum Gasteiger partial charge on any atom is -0.465 e. The lowest BCUT2D eigenvalue weighted by Crippen LogP contribution is -2.50. The Balaban J connectivity index is 1.28. The monoisotopic (exact) mass is 536 g/mol. The van der Waals surface area contributed by atoms with E-state index >= 15 is 0 Å². The van der Waals surface area contributed by atoms with Crippen LogP contribution in [-0.2, 0) is 10.3 Å². The largest absolute Gasteiger partial charge is 0.465 e. The molecule has 0 saturated heterocycles. The Bertz CT molecular complexity index is 1280. The van der Waals surface area contributed by atoms with Crippen LogP contribution in [0.15, 0.2) is 53.4 Å². The lowest BCUT2D eigenvalue weighted by molar-refractivity contribution is -0.117. The maximum atomic E-state index is 13.4. The summed E-state index contributed by atoms with van der Waals surface area (Å²) in [6.45, 7) is 0. The van der Waals surface area contributed by atoms with E-state index in [1.807, 2.05) is 41.8 Å². The summed E-state index contributed by atoms with van der Waals surface area (Å²) < 4.78 is 13.4. The fraction of sp³-hybridized carbons (Fsp3) is 0.414. The number of hydrogen-bond donors (Lipinski definition) is 3. The molecule has 2 aliphatic carbocycles. The minimum absolute atomic E-state index is 0.0236. The molecule has 2 saturated carbocycles. The van der Waals surface area contributed by atoms with Crippen LogP contribution >= 0.6 is 11.3 Å². The number of aromatic nitrogens is 1. The van der Waals surface area contributed by atoms with Crippen molar-refractivity contribution in [3.8, 4) is 22.4 Å². The molecule has 0 aliphatic heterocycles. The molecule has 1 aromatic carbocycles. The molecule has 38 heavy (non-hydrogen) atoms. The number of halogens is 1. The number of amides is 2. The molecule has 0 unspecified atom stereocenters. The molecule has 0 bridgehead atoms. The van der Waals surface area contributed by atoms with Crippen molar-refractivity contribution in [2.24, 2.45) is 11.7 Å². The number of carbonyl (C=O) groups is 2. The molecule has 200 valence electrons. The van der Waals surface area contributed by atoms with Gasteiger partial charge in [0.1, 0.15) is 6.17 Å². The van der Waals surface area contributed by atoms with Gasteiger partial charge in [-0.1, -0.05) is 24.3 Å². The molecular weight excluding hydrogens is 503 g/mol. The summed E-state index contributed by atoms with van der Waals surface area (Å²) in [5, 5.41) is 16.3. The Labute approximate surface area is 225 Å². The van der Waals surface area contributed by atoms with Gasteiger partial charge in [0.05, 0.1) is 17.6 Å². The minimum atomic E-state index is -0.906. The lowest BCUT2D eigenvalue weighted by Gasteiger charge is -2.41. The van der Waals surface area contributed by atoms with Gasteiger partial charge in [-0.05, 0) is 65.6 Å². The Morgan fingerprint density at radius 2 is 1.87 bits per heavy atom. The van der Waals surface area contributed by atoms with Crippen molar-refractivity contribution in [2.75, 3.05) is 12.4 Å². The second kappa shape index (κ2) is 10.8. The number of nitrogens with zero attached hydrogens (tertiary/aromatic N) is 2. The van der Waals surface area contributed by atoms with Crippen molar-refractivity contribution >= 4 is 29.0 Å². The van der Waals surface area contributed by atoms with Crippen LogP contribution in [0, 0.1) is 5.92 Å². The van der Waals surface area contributed by atoms with Gasteiger partial charge in [-0.25, -0.2) is 9.18 Å². The van der Waals surface area contributed by atoms with Crippen LogP contribution in [0.2, 0.25) is 0 Å². The van der Waals surface area contributed by atoms with Crippen LogP contribution in [0.4, 0.5) is 14.9 Å². The number of anilines is 1. The summed E-state index contributed by atoms with van der Waals surface area (Å²) in [6.07, 6.45) is 4.26. The zero-order valence-corrected chi connectivity index (χ0v) is 22.2. The predicted octanol–water partition coefficient (Wildman–Crippen LogP) is 6.26. The zero-order valence-electron chi connectivity index (χ0n) is 21.4. The lowest BCUT2D eigenvalue weighted by atomic mass is 9.71. The van der Waals surface area contributed by atoms with E-state index in [1.54, 1.807) is 24.6 Å². The maximum absolute atomic E-state index is 13.4. The molecule has 4 N–H and O–H groups in total. The molecule has 2 fully saturated rings. The van der Waals surface area contributed by atoms with Crippen LogP contribution < -0.4 is 11.1 Å². The van der Waals surface area contributed by atoms with Crippen LogP contribution in [0.3, 0.4) is 0 Å². The zero-order chi connectivity index (χ0) is 26.9. The van der Waals surface area contributed by atoms with Gasteiger partial charge in [0.15, 0.2) is 0 Å². The Hall–Kier alpha value is -3.30. The van der Waals surface area contributed by atoms with Gasteiger partial charge in [0.25, 0.3) is 0 Å². The molecule has 2 aliphatic rings. The first-order chi connectivity index (χ1) is 18.2. The van der Waals surface area contributed by atoms with Gasteiger partial charge in [0.2, 0.25) is 5.91 Å². The second-order valence-corrected chi connectivity index (χ2v) is 11.5. The van der Waals surface area contributed by atoms with E-state index < -0.39 is 17.8 Å². The van der Waals surface area contributed by atoms with Crippen LogP contribution in [0.1, 0.15) is 50.5 Å². The highest BCUT2D eigenvalue weighted by atomic mass is 32.1. The number of benzene rings is 1. The quantitative estimate of drug-likeness (QED) is 0.330. The number of rotatable bonds is 7. The van der Waals surface area contributed by atoms with Crippen molar-refractivity contribution in [2.45, 2.75) is 62.7 Å². The molecule has 7 nitrogen and oxygen atoms in total. The van der Waals surface area contributed by atoms with Crippen LogP contribution in [-0.4, -0.2) is 46.3 Å². The average Bonchev–Trinajstić information content (AvgIpc) is 3.43. The first-order valence-corrected chi connectivity index (χ1v) is 14.0. The smallest absolute Gasteiger partial charge is 0.407 e. The van der Waals surface area contributed by atoms with Crippen LogP contribution in [0.25, 0.3) is 22.4 Å². The standard InChI is InChI=1S/C29H33FN4O3S/c1-34(28(36)37)24-8-2-18(3-9-24)12-26(35)33-23-13-25(20-10-11-38-17-20)27(32-16-23)19-4-6-21(7-5-19)29(31)14-22(30)15-29/h4-7,10-11,13,16-18,22,24H,2-3,8-9,12,14-15,31H2,1H3,(H,33,35)(H,36,37)/t18-,22?,24-,29?. The van der Waals surface area contributed by atoms with Crippen molar-refractivity contribution in [1.29, 1.82) is 0 Å². The maximum Gasteiger partial charge on any atom is 0.407 e. The van der Waals surface area contributed by atoms with Gasteiger partial charge in [0, 0.05) is 49.0 Å². The number of thiophene rings is 1. The number of carbonyl (C=O) groups excluding carboxylic acids is 1. The average molecular weight is 537 g/mol. The van der Waals surface area contributed by atoms with E-state index in [0.717, 1.165) is 53.6 Å². The number of alkyl halides is 1. The number of nitrogens with one attached hydrogen (secondary N) is 1. The first kappa shape index (κ1) is 26.3. The van der Waals surface area contributed by atoms with E-state index in [4.69, 9.17) is 10.7 Å². The summed E-state index contributed by atoms with van der Waals surface area (Å²) in [5.74, 6) is 0.180. The number of hydrogen-bond acceptors (Lipinski definition) is 5. The van der Waals surface area contributed by atoms with Gasteiger partial charge in [-0.2, -0.15) is 11.3 Å². The number of nitrogens with two attached hydrogens (primary N) is 1. The highest BCUT2D eigenvalue weighted by molar-refractivity contribution is 7.08. The molecule has 9 heteroatoms. The SMILES string of the molecule is CN(C(=O)O)[C@H]1CC[C@H](CC(=O)Nc2cnc(-c3ccc(C4(N)CC(F)C4)cc3)c(-c3ccsc3)c2)CC1. The molecule has 2 aromatic heterocycles. The summed E-state index contributed by atoms with van der Waals surface area (Å²) in [7, 11) is 1.61. The van der Waals surface area contributed by atoms with E-state index in [9.17, 15) is 19.1 Å². The molecular formula is C29H33FN4O3S. The first-order valence-electron chi connectivity index (χ1n) is 13.0. The highest BCUT2D eigenvalue weighted by Gasteiger charge is 2.42. The Kier molecular flexibility index (Phi) is 7.49. The van der Waals surface area contributed by atoms with Crippen LogP contribution in [0.5, 0.6) is 0 Å². The normalized spacial score (nSPS) is 24.9. The summed E-state index contributed by atoms with van der Waals surface area (Å²) in [5.41, 5.74) is 11.0. The summed E-state index contributed by atoms with van der Waals surface area (Å²) in [4.78, 5) is 30.2. The molecule has 3 aromatic rings. The predicted molar refractivity (Wildman–Crippen MR) is 148 cm³/mol. The Morgan fingerprint density at radius 3 is 2.47 bits per heavy atom. The molecule has 0 atom stereocenters. The fourth-order valence-electron chi connectivity index (χ4n) is 5.69. The van der Waals surface area contributed by atoms with E-state index in [-0.39, 0.29) is 17.9 Å². The summed E-state index contributed by atoms with van der Waals surface area (Å²) in [6, 6.07) is 11.9. The third-order valence-corrected chi connectivity index (χ3v) is 8.73. The number of pyridine rings is 1. The van der Waals surface area contributed by atoms with Crippen molar-refractivity contribution < 1.29 is 19.1 Å². The molecule has 5 rings (SSSR count). The molecule has 0 radical (unpaired) electrons. The van der Waals surface area contributed by atoms with Crippen molar-refractivity contribution in [3.63, 3.8) is 0 Å². The third kappa shape index (κ3) is 5.59. The molecule has 0 spiro atoms. The topological polar surface area (TPSA) is 109 Å². The van der Waals surface area contributed by atoms with Crippen molar-refractivity contribution in [3.05, 3.63) is 58.9 Å². The van der Waals surface area contributed by atoms with E-state index in [0.29, 0.717) is 24.9 Å². The second-order valence-electron chi connectivity index (χ2n) is 10.7. The van der Waals surface area contributed by atoms with Gasteiger partial charge in [-0.15, -0.1) is 0 Å². The number of carboxylic acid groups (broad SMARTS) is 1. The van der Waals surface area contributed by atoms with Gasteiger partial charge < -0.3 is 21.1 Å². The van der Waals surface area contributed by atoms with Gasteiger partial charge in [-0.3, -0.25) is 9.78 Å². The fourth-order valence-corrected chi connectivity index (χ4v) is 6.35. The van der Waals surface area contributed by atoms with E-state index in [2.05, 4.69) is 10.7 Å². The van der Waals surface area contributed by atoms with E-state index in [1.165, 1.54) is 4.90 Å². The van der Waals surface area contributed by atoms with Crippen molar-refractivity contribution in [1.82, 2.24) is 9.88 Å².